The van der Waals surface area contributed by atoms with Crippen LogP contribution in [0.25, 0.3) is 0 Å². The molecule has 158 valence electrons. The fraction of sp³-hybridized carbons (Fsp3) is 0.160. The first-order valence-electron chi connectivity index (χ1n) is 9.94. The molecule has 0 aromatic heterocycles. The number of para-hydroxylation sites is 2. The molecule has 3 rings (SSSR count). The van der Waals surface area contributed by atoms with E-state index >= 15 is 0 Å². The van der Waals surface area contributed by atoms with Crippen molar-refractivity contribution >= 4 is 23.2 Å². The maximum absolute atomic E-state index is 13.0. The monoisotopic (exact) mass is 415 g/mol. The summed E-state index contributed by atoms with van der Waals surface area (Å²) in [5.74, 6) is -0.432. The average molecular weight is 415 g/mol. The van der Waals surface area contributed by atoms with Crippen LogP contribution in [-0.4, -0.2) is 24.6 Å². The van der Waals surface area contributed by atoms with Gasteiger partial charge in [-0.05, 0) is 30.2 Å². The molecule has 0 atom stereocenters. The van der Waals surface area contributed by atoms with Gasteiger partial charge in [0.15, 0.2) is 0 Å². The van der Waals surface area contributed by atoms with E-state index in [0.717, 1.165) is 11.1 Å². The van der Waals surface area contributed by atoms with Gasteiger partial charge in [-0.15, -0.1) is 0 Å². The SMILES string of the molecule is COc1ccccc1NC(=O)C/C(C)=N\NC(=O)C(c1ccccc1)c1ccccc1. The molecule has 0 aliphatic heterocycles. The van der Waals surface area contributed by atoms with Crippen LogP contribution in [0.3, 0.4) is 0 Å². The second-order valence-corrected chi connectivity index (χ2v) is 7.00. The zero-order valence-electron chi connectivity index (χ0n) is 17.5. The van der Waals surface area contributed by atoms with Crippen LogP contribution in [0, 0.1) is 0 Å². The molecule has 0 unspecified atom stereocenters. The van der Waals surface area contributed by atoms with E-state index in [1.54, 1.807) is 26.2 Å². The Morgan fingerprint density at radius 2 is 1.42 bits per heavy atom. The van der Waals surface area contributed by atoms with Crippen LogP contribution >= 0.6 is 0 Å². The van der Waals surface area contributed by atoms with E-state index in [1.165, 1.54) is 0 Å². The van der Waals surface area contributed by atoms with Crippen LogP contribution in [-0.2, 0) is 9.59 Å². The number of benzene rings is 3. The number of ether oxygens (including phenoxy) is 1. The zero-order valence-corrected chi connectivity index (χ0v) is 17.5. The third-order valence-corrected chi connectivity index (χ3v) is 4.68. The van der Waals surface area contributed by atoms with Crippen LogP contribution in [0.1, 0.15) is 30.4 Å². The summed E-state index contributed by atoms with van der Waals surface area (Å²) in [5, 5.41) is 6.94. The van der Waals surface area contributed by atoms with Crippen molar-refractivity contribution in [3.05, 3.63) is 96.1 Å². The zero-order chi connectivity index (χ0) is 22.1. The van der Waals surface area contributed by atoms with Gasteiger partial charge in [0.2, 0.25) is 5.91 Å². The van der Waals surface area contributed by atoms with Crippen molar-refractivity contribution in [2.45, 2.75) is 19.3 Å². The summed E-state index contributed by atoms with van der Waals surface area (Å²) in [4.78, 5) is 25.3. The molecule has 6 heteroatoms. The second-order valence-electron chi connectivity index (χ2n) is 7.00. The Bertz CT molecular complexity index is 1010. The quantitative estimate of drug-likeness (QED) is 0.424. The third kappa shape index (κ3) is 6.02. The first-order chi connectivity index (χ1) is 15.1. The largest absolute Gasteiger partial charge is 0.495 e. The predicted octanol–water partition coefficient (Wildman–Crippen LogP) is 4.35. The number of hydrazone groups is 1. The molecule has 0 aliphatic carbocycles. The van der Waals surface area contributed by atoms with E-state index < -0.39 is 5.92 Å². The van der Waals surface area contributed by atoms with E-state index in [2.05, 4.69) is 15.8 Å². The molecule has 0 saturated heterocycles. The molecule has 0 fully saturated rings. The van der Waals surface area contributed by atoms with E-state index in [4.69, 9.17) is 4.74 Å². The third-order valence-electron chi connectivity index (χ3n) is 4.68. The summed E-state index contributed by atoms with van der Waals surface area (Å²) in [5.41, 5.74) is 5.42. The van der Waals surface area contributed by atoms with Crippen molar-refractivity contribution in [3.8, 4) is 5.75 Å². The smallest absolute Gasteiger partial charge is 0.252 e. The molecular formula is C25H25N3O3. The van der Waals surface area contributed by atoms with E-state index in [0.29, 0.717) is 17.1 Å². The molecule has 31 heavy (non-hydrogen) atoms. The minimum Gasteiger partial charge on any atom is -0.495 e. The highest BCUT2D eigenvalue weighted by molar-refractivity contribution is 6.06. The Morgan fingerprint density at radius 3 is 2.00 bits per heavy atom. The normalized spacial score (nSPS) is 11.1. The number of anilines is 1. The molecule has 2 N–H and O–H groups in total. The fourth-order valence-electron chi connectivity index (χ4n) is 3.22. The number of nitrogens with one attached hydrogen (secondary N) is 2. The van der Waals surface area contributed by atoms with Gasteiger partial charge < -0.3 is 10.1 Å². The Labute approximate surface area is 182 Å². The van der Waals surface area contributed by atoms with Crippen molar-refractivity contribution in [3.63, 3.8) is 0 Å². The summed E-state index contributed by atoms with van der Waals surface area (Å²) in [6.45, 7) is 1.70. The Kier molecular flexibility index (Phi) is 7.54. The lowest BCUT2D eigenvalue weighted by Gasteiger charge is -2.16. The van der Waals surface area contributed by atoms with Gasteiger partial charge >= 0.3 is 0 Å². The van der Waals surface area contributed by atoms with Crippen molar-refractivity contribution in [2.75, 3.05) is 12.4 Å². The highest BCUT2D eigenvalue weighted by Gasteiger charge is 2.22. The number of amides is 2. The topological polar surface area (TPSA) is 79.8 Å². The van der Waals surface area contributed by atoms with Crippen molar-refractivity contribution in [2.24, 2.45) is 5.10 Å². The number of hydrogen-bond acceptors (Lipinski definition) is 4. The van der Waals surface area contributed by atoms with Crippen molar-refractivity contribution in [1.82, 2.24) is 5.43 Å². The summed E-state index contributed by atoms with van der Waals surface area (Å²) in [7, 11) is 1.54. The van der Waals surface area contributed by atoms with Crippen LogP contribution < -0.4 is 15.5 Å². The molecule has 0 bridgehead atoms. The molecule has 3 aromatic rings. The Morgan fingerprint density at radius 1 is 0.871 bits per heavy atom. The van der Waals surface area contributed by atoms with Gasteiger partial charge in [-0.3, -0.25) is 9.59 Å². The van der Waals surface area contributed by atoms with Crippen LogP contribution in [0.5, 0.6) is 5.75 Å². The van der Waals surface area contributed by atoms with Gasteiger partial charge in [0.05, 0.1) is 25.1 Å². The van der Waals surface area contributed by atoms with Crippen molar-refractivity contribution < 1.29 is 14.3 Å². The minimum atomic E-state index is -0.499. The average Bonchev–Trinajstić information content (AvgIpc) is 2.79. The number of rotatable bonds is 8. The Hall–Kier alpha value is -3.93. The number of carbonyl (C=O) groups is 2. The highest BCUT2D eigenvalue weighted by atomic mass is 16.5. The maximum atomic E-state index is 13.0. The van der Waals surface area contributed by atoms with Gasteiger partial charge in [-0.2, -0.15) is 5.10 Å². The first kappa shape index (κ1) is 21.8. The van der Waals surface area contributed by atoms with Crippen molar-refractivity contribution in [1.29, 1.82) is 0 Å². The molecule has 3 aromatic carbocycles. The van der Waals surface area contributed by atoms with Crippen LogP contribution in [0.4, 0.5) is 5.69 Å². The predicted molar refractivity (Wildman–Crippen MR) is 122 cm³/mol. The van der Waals surface area contributed by atoms with E-state index in [1.807, 2.05) is 72.8 Å². The lowest BCUT2D eigenvalue weighted by molar-refractivity contribution is -0.121. The summed E-state index contributed by atoms with van der Waals surface area (Å²) in [6, 6.07) is 26.2. The summed E-state index contributed by atoms with van der Waals surface area (Å²) >= 11 is 0. The first-order valence-corrected chi connectivity index (χ1v) is 9.94. The molecule has 0 saturated carbocycles. The molecule has 2 amide bonds. The maximum Gasteiger partial charge on any atom is 0.252 e. The fourth-order valence-corrected chi connectivity index (χ4v) is 3.22. The second kappa shape index (κ2) is 10.7. The van der Waals surface area contributed by atoms with Gasteiger partial charge in [-0.1, -0.05) is 72.8 Å². The Balaban J connectivity index is 1.67. The molecule has 0 aliphatic rings. The van der Waals surface area contributed by atoms with E-state index in [-0.39, 0.29) is 18.2 Å². The molecule has 6 nitrogen and oxygen atoms in total. The number of carbonyl (C=O) groups excluding carboxylic acids is 2. The van der Waals surface area contributed by atoms with Gasteiger partial charge in [0, 0.05) is 5.71 Å². The minimum absolute atomic E-state index is 0.0413. The number of hydrogen-bond donors (Lipinski definition) is 2. The number of methoxy groups -OCH3 is 1. The number of nitrogens with zero attached hydrogens (tertiary/aromatic N) is 1. The lowest BCUT2D eigenvalue weighted by Crippen LogP contribution is -2.27. The van der Waals surface area contributed by atoms with Gasteiger partial charge in [0.25, 0.3) is 5.91 Å². The molecule has 0 heterocycles. The summed E-state index contributed by atoms with van der Waals surface area (Å²) < 4.78 is 5.24. The standard InChI is InChI=1S/C25H25N3O3/c1-18(17-23(29)26-21-15-9-10-16-22(21)31-2)27-28-25(30)24(19-11-5-3-6-12-19)20-13-7-4-8-14-20/h3-16,24H,17H2,1-2H3,(H,26,29)(H,28,30)/b27-18-. The van der Waals surface area contributed by atoms with Crippen LogP contribution in [0.15, 0.2) is 90.0 Å². The highest BCUT2D eigenvalue weighted by Crippen LogP contribution is 2.25. The van der Waals surface area contributed by atoms with E-state index in [9.17, 15) is 9.59 Å². The van der Waals surface area contributed by atoms with Gasteiger partial charge in [0.1, 0.15) is 5.75 Å². The summed E-state index contributed by atoms with van der Waals surface area (Å²) in [6.07, 6.45) is 0.0413. The molecular weight excluding hydrogens is 390 g/mol. The molecule has 0 spiro atoms. The molecule has 0 radical (unpaired) electrons. The van der Waals surface area contributed by atoms with Gasteiger partial charge in [-0.25, -0.2) is 5.43 Å². The lowest BCUT2D eigenvalue weighted by atomic mass is 9.91. The van der Waals surface area contributed by atoms with Crippen LogP contribution in [0.2, 0.25) is 0 Å².